The predicted molar refractivity (Wildman–Crippen MR) is 63.2 cm³/mol. The van der Waals surface area contributed by atoms with Gasteiger partial charge in [-0.15, -0.1) is 0 Å². The van der Waals surface area contributed by atoms with Gasteiger partial charge in [0.25, 0.3) is 0 Å². The van der Waals surface area contributed by atoms with Gasteiger partial charge in [-0.25, -0.2) is 4.79 Å². The van der Waals surface area contributed by atoms with Gasteiger partial charge in [0.05, 0.1) is 0 Å². The molecule has 1 aliphatic heterocycles. The molecule has 0 radical (unpaired) electrons. The van der Waals surface area contributed by atoms with E-state index in [0.29, 0.717) is 12.6 Å². The smallest absolute Gasteiger partial charge is 0.410 e. The van der Waals surface area contributed by atoms with E-state index < -0.39 is 0 Å². The molecule has 1 spiro atoms. The van der Waals surface area contributed by atoms with Crippen LogP contribution >= 0.6 is 0 Å². The van der Waals surface area contributed by atoms with E-state index in [4.69, 9.17) is 10.5 Å². The number of hydrogen-bond acceptors (Lipinski definition) is 3. The highest BCUT2D eigenvalue weighted by molar-refractivity contribution is 5.69. The van der Waals surface area contributed by atoms with E-state index >= 15 is 0 Å². The lowest BCUT2D eigenvalue weighted by atomic mass is 9.97. The largest absolute Gasteiger partial charge is 0.445 e. The summed E-state index contributed by atoms with van der Waals surface area (Å²) in [6.07, 6.45) is 0.828. The van der Waals surface area contributed by atoms with Crippen molar-refractivity contribution < 1.29 is 9.53 Å². The lowest BCUT2D eigenvalue weighted by Crippen LogP contribution is -2.54. The van der Waals surface area contributed by atoms with E-state index in [-0.39, 0.29) is 11.5 Å². The van der Waals surface area contributed by atoms with Crippen LogP contribution in [0.5, 0.6) is 0 Å². The average Bonchev–Trinajstić information content (AvgIpc) is 2.97. The van der Waals surface area contributed by atoms with Gasteiger partial charge in [-0.05, 0) is 12.0 Å². The number of ether oxygens (including phenoxy) is 1. The van der Waals surface area contributed by atoms with Gasteiger partial charge in [-0.1, -0.05) is 30.3 Å². The topological polar surface area (TPSA) is 55.6 Å². The maximum atomic E-state index is 11.7. The maximum absolute atomic E-state index is 11.7. The second-order valence-electron chi connectivity index (χ2n) is 5.07. The number of carbonyl (C=O) groups excluding carboxylic acids is 1. The van der Waals surface area contributed by atoms with Crippen molar-refractivity contribution in [3.8, 4) is 0 Å². The summed E-state index contributed by atoms with van der Waals surface area (Å²) in [5.41, 5.74) is 7.07. The molecule has 17 heavy (non-hydrogen) atoms. The third-order valence-electron chi connectivity index (χ3n) is 3.73. The number of nitrogens with two attached hydrogens (primary N) is 1. The summed E-state index contributed by atoms with van der Waals surface area (Å²) in [5.74, 6) is 0. The molecule has 4 heteroatoms. The van der Waals surface area contributed by atoms with Gasteiger partial charge < -0.3 is 15.4 Å². The molecule has 2 aliphatic rings. The van der Waals surface area contributed by atoms with E-state index in [9.17, 15) is 4.79 Å². The van der Waals surface area contributed by atoms with Crippen LogP contribution in [0.4, 0.5) is 4.79 Å². The highest BCUT2D eigenvalue weighted by Crippen LogP contribution is 2.51. The first-order valence-electron chi connectivity index (χ1n) is 5.91. The van der Waals surface area contributed by atoms with Crippen molar-refractivity contribution in [3.63, 3.8) is 0 Å². The van der Waals surface area contributed by atoms with Crippen molar-refractivity contribution in [1.29, 1.82) is 0 Å². The molecule has 0 unspecified atom stereocenters. The number of benzene rings is 1. The van der Waals surface area contributed by atoms with Crippen LogP contribution in [0.15, 0.2) is 30.3 Å². The maximum Gasteiger partial charge on any atom is 0.410 e. The summed E-state index contributed by atoms with van der Waals surface area (Å²) in [7, 11) is 0. The molecule has 1 saturated carbocycles. The Morgan fingerprint density at radius 2 is 2.06 bits per heavy atom. The van der Waals surface area contributed by atoms with Gasteiger partial charge in [-0.2, -0.15) is 0 Å². The first-order valence-corrected chi connectivity index (χ1v) is 5.91. The molecule has 1 atom stereocenters. The van der Waals surface area contributed by atoms with E-state index in [1.165, 1.54) is 0 Å². The van der Waals surface area contributed by atoms with Gasteiger partial charge in [0, 0.05) is 24.5 Å². The fourth-order valence-electron chi connectivity index (χ4n) is 2.40. The molecule has 1 saturated heterocycles. The quantitative estimate of drug-likeness (QED) is 0.837. The first kappa shape index (κ1) is 10.6. The van der Waals surface area contributed by atoms with Crippen molar-refractivity contribution in [2.24, 2.45) is 11.1 Å². The number of hydrogen-bond donors (Lipinski definition) is 1. The zero-order chi connectivity index (χ0) is 11.9. The van der Waals surface area contributed by atoms with E-state index in [0.717, 1.165) is 25.1 Å². The molecule has 0 aromatic heterocycles. The summed E-state index contributed by atoms with van der Waals surface area (Å²) < 4.78 is 5.23. The summed E-state index contributed by atoms with van der Waals surface area (Å²) in [6.45, 7) is 1.87. The summed E-state index contributed by atoms with van der Waals surface area (Å²) in [4.78, 5) is 13.4. The molecule has 90 valence electrons. The number of nitrogens with zero attached hydrogens (tertiary/aromatic N) is 1. The van der Waals surface area contributed by atoms with Crippen LogP contribution in [-0.4, -0.2) is 30.1 Å². The summed E-state index contributed by atoms with van der Waals surface area (Å²) in [5, 5.41) is 0. The van der Waals surface area contributed by atoms with Crippen molar-refractivity contribution in [3.05, 3.63) is 35.9 Å². The Morgan fingerprint density at radius 1 is 1.41 bits per heavy atom. The highest BCUT2D eigenvalue weighted by atomic mass is 16.6. The molecule has 1 aromatic carbocycles. The standard InChI is InChI=1S/C13H16N2O2/c14-11-6-13(11)8-15(9-13)12(16)17-7-10-4-2-1-3-5-10/h1-5,11H,6-9,14H2/t11-/m0/s1. The monoisotopic (exact) mass is 232 g/mol. The minimum atomic E-state index is -0.224. The zero-order valence-corrected chi connectivity index (χ0v) is 9.63. The molecular weight excluding hydrogens is 216 g/mol. The Bertz CT molecular complexity index is 426. The lowest BCUT2D eigenvalue weighted by molar-refractivity contribution is 0.0390. The molecule has 1 aliphatic carbocycles. The Balaban J connectivity index is 1.46. The van der Waals surface area contributed by atoms with Crippen LogP contribution in [0.1, 0.15) is 12.0 Å². The zero-order valence-electron chi connectivity index (χ0n) is 9.63. The van der Waals surface area contributed by atoms with Crippen LogP contribution in [0, 0.1) is 5.41 Å². The van der Waals surface area contributed by atoms with Gasteiger partial charge in [-0.3, -0.25) is 0 Å². The van der Waals surface area contributed by atoms with Gasteiger partial charge >= 0.3 is 6.09 Å². The number of likely N-dealkylation sites (tertiary alicyclic amines) is 1. The van der Waals surface area contributed by atoms with Crippen molar-refractivity contribution >= 4 is 6.09 Å². The Kier molecular flexibility index (Phi) is 2.33. The van der Waals surface area contributed by atoms with Crippen LogP contribution < -0.4 is 5.73 Å². The minimum Gasteiger partial charge on any atom is -0.445 e. The minimum absolute atomic E-state index is 0.224. The van der Waals surface area contributed by atoms with Crippen LogP contribution in [0.3, 0.4) is 0 Å². The molecule has 1 aromatic rings. The predicted octanol–water partition coefficient (Wildman–Crippen LogP) is 1.36. The van der Waals surface area contributed by atoms with Crippen molar-refractivity contribution in [2.45, 2.75) is 19.1 Å². The van der Waals surface area contributed by atoms with Gasteiger partial charge in [0.2, 0.25) is 0 Å². The third kappa shape index (κ3) is 1.89. The van der Waals surface area contributed by atoms with Crippen LogP contribution in [0.2, 0.25) is 0 Å². The Morgan fingerprint density at radius 3 is 2.65 bits per heavy atom. The van der Waals surface area contributed by atoms with Crippen molar-refractivity contribution in [2.75, 3.05) is 13.1 Å². The summed E-state index contributed by atoms with van der Waals surface area (Å²) in [6, 6.07) is 10.00. The number of carbonyl (C=O) groups is 1. The van der Waals surface area contributed by atoms with E-state index in [2.05, 4.69) is 0 Å². The van der Waals surface area contributed by atoms with Crippen molar-refractivity contribution in [1.82, 2.24) is 4.90 Å². The fourth-order valence-corrected chi connectivity index (χ4v) is 2.40. The molecule has 4 nitrogen and oxygen atoms in total. The molecule has 1 amide bonds. The normalized spacial score (nSPS) is 24.3. The second kappa shape index (κ2) is 3.74. The van der Waals surface area contributed by atoms with E-state index in [1.54, 1.807) is 4.90 Å². The van der Waals surface area contributed by atoms with Gasteiger partial charge in [0.1, 0.15) is 6.61 Å². The Labute approximate surface area is 100 Å². The second-order valence-corrected chi connectivity index (χ2v) is 5.07. The highest BCUT2D eigenvalue weighted by Gasteiger charge is 2.61. The lowest BCUT2D eigenvalue weighted by Gasteiger charge is -2.39. The van der Waals surface area contributed by atoms with Crippen LogP contribution in [-0.2, 0) is 11.3 Å². The average molecular weight is 232 g/mol. The molecule has 2 fully saturated rings. The SMILES string of the molecule is N[C@H]1CC12CN(C(=O)OCc1ccccc1)C2. The first-order chi connectivity index (χ1) is 8.20. The Hall–Kier alpha value is -1.55. The molecule has 2 N–H and O–H groups in total. The third-order valence-corrected chi connectivity index (χ3v) is 3.73. The summed E-state index contributed by atoms with van der Waals surface area (Å²) >= 11 is 0. The number of amides is 1. The molecule has 0 bridgehead atoms. The van der Waals surface area contributed by atoms with E-state index in [1.807, 2.05) is 30.3 Å². The van der Waals surface area contributed by atoms with Gasteiger partial charge in [0.15, 0.2) is 0 Å². The van der Waals surface area contributed by atoms with Crippen LogP contribution in [0.25, 0.3) is 0 Å². The fraction of sp³-hybridized carbons (Fsp3) is 0.462. The number of rotatable bonds is 2. The molecular formula is C13H16N2O2. The molecule has 1 heterocycles. The molecule has 3 rings (SSSR count).